The van der Waals surface area contributed by atoms with Gasteiger partial charge in [0.25, 0.3) is 0 Å². The number of hydrogen-bond acceptors (Lipinski definition) is 2. The van der Waals surface area contributed by atoms with Gasteiger partial charge in [-0.2, -0.15) is 0 Å². The fourth-order valence-corrected chi connectivity index (χ4v) is 2.58. The molecular formula is C19H17NO. The van der Waals surface area contributed by atoms with Crippen LogP contribution < -0.4 is 0 Å². The van der Waals surface area contributed by atoms with Gasteiger partial charge < -0.3 is 0 Å². The number of fused-ring (bicyclic) bond motifs is 1. The van der Waals surface area contributed by atoms with Crippen molar-refractivity contribution in [3.63, 3.8) is 0 Å². The van der Waals surface area contributed by atoms with Crippen molar-refractivity contribution in [2.45, 2.75) is 19.3 Å². The maximum atomic E-state index is 12.4. The molecule has 0 aliphatic rings. The summed E-state index contributed by atoms with van der Waals surface area (Å²) in [5, 5.41) is 0.949. The fourth-order valence-electron chi connectivity index (χ4n) is 2.58. The van der Waals surface area contributed by atoms with E-state index in [0.29, 0.717) is 6.42 Å². The van der Waals surface area contributed by atoms with Crippen LogP contribution in [0, 0.1) is 0 Å². The number of nitrogens with zero attached hydrogens (tertiary/aromatic N) is 1. The lowest BCUT2D eigenvalue weighted by Gasteiger charge is -2.05. The van der Waals surface area contributed by atoms with Crippen molar-refractivity contribution in [2.24, 2.45) is 0 Å². The molecule has 0 atom stereocenters. The Balaban J connectivity index is 1.70. The zero-order valence-electron chi connectivity index (χ0n) is 11.8. The molecule has 21 heavy (non-hydrogen) atoms. The van der Waals surface area contributed by atoms with Gasteiger partial charge in [0.2, 0.25) is 0 Å². The summed E-state index contributed by atoms with van der Waals surface area (Å²) >= 11 is 0. The minimum absolute atomic E-state index is 0.199. The molecule has 0 N–H and O–H groups in total. The van der Waals surface area contributed by atoms with E-state index in [2.05, 4.69) is 17.1 Å². The first-order valence-corrected chi connectivity index (χ1v) is 7.25. The number of rotatable bonds is 5. The van der Waals surface area contributed by atoms with Crippen molar-refractivity contribution in [2.75, 3.05) is 0 Å². The lowest BCUT2D eigenvalue weighted by molar-refractivity contribution is 0.0982. The number of benzene rings is 2. The van der Waals surface area contributed by atoms with Crippen molar-refractivity contribution in [1.29, 1.82) is 0 Å². The highest BCUT2D eigenvalue weighted by Gasteiger charge is 2.09. The maximum Gasteiger partial charge on any atom is 0.163 e. The zero-order chi connectivity index (χ0) is 14.5. The SMILES string of the molecule is O=C(CCCc1ccccc1)c1cccc2ncccc12. The molecule has 1 heterocycles. The highest BCUT2D eigenvalue weighted by Crippen LogP contribution is 2.19. The Labute approximate surface area is 124 Å². The van der Waals surface area contributed by atoms with Gasteiger partial charge in [0.05, 0.1) is 5.52 Å². The third-order valence-electron chi connectivity index (χ3n) is 3.66. The zero-order valence-corrected chi connectivity index (χ0v) is 11.8. The van der Waals surface area contributed by atoms with E-state index in [-0.39, 0.29) is 5.78 Å². The molecule has 104 valence electrons. The van der Waals surface area contributed by atoms with Gasteiger partial charge in [-0.25, -0.2) is 0 Å². The summed E-state index contributed by atoms with van der Waals surface area (Å²) in [6.07, 6.45) is 4.14. The van der Waals surface area contributed by atoms with Gasteiger partial charge in [0.1, 0.15) is 0 Å². The number of Topliss-reactive ketones (excluding diaryl/α,β-unsaturated/α-hetero) is 1. The van der Waals surface area contributed by atoms with Crippen LogP contribution in [-0.4, -0.2) is 10.8 Å². The summed E-state index contributed by atoms with van der Waals surface area (Å²) in [4.78, 5) is 16.7. The Morgan fingerprint density at radius 2 is 1.76 bits per heavy atom. The van der Waals surface area contributed by atoms with E-state index < -0.39 is 0 Å². The second-order valence-corrected chi connectivity index (χ2v) is 5.14. The monoisotopic (exact) mass is 275 g/mol. The van der Waals surface area contributed by atoms with Crippen LogP contribution in [0.3, 0.4) is 0 Å². The van der Waals surface area contributed by atoms with E-state index in [0.717, 1.165) is 29.3 Å². The molecule has 0 radical (unpaired) electrons. The average Bonchev–Trinajstić information content (AvgIpc) is 2.55. The predicted molar refractivity (Wildman–Crippen MR) is 85.5 cm³/mol. The van der Waals surface area contributed by atoms with Crippen molar-refractivity contribution in [3.05, 3.63) is 78.0 Å². The standard InChI is InChI=1S/C19H17NO/c21-19(13-4-9-15-7-2-1-3-8-15)17-10-5-12-18-16(17)11-6-14-20-18/h1-3,5-8,10-12,14H,4,9,13H2. The summed E-state index contributed by atoms with van der Waals surface area (Å²) in [7, 11) is 0. The number of pyridine rings is 1. The molecule has 0 bridgehead atoms. The van der Waals surface area contributed by atoms with Gasteiger partial charge in [-0.15, -0.1) is 0 Å². The van der Waals surface area contributed by atoms with Crippen LogP contribution in [0.5, 0.6) is 0 Å². The van der Waals surface area contributed by atoms with Crippen molar-refractivity contribution < 1.29 is 4.79 Å². The normalized spacial score (nSPS) is 10.7. The first-order valence-electron chi connectivity index (χ1n) is 7.25. The number of carbonyl (C=O) groups excluding carboxylic acids is 1. The average molecular weight is 275 g/mol. The van der Waals surface area contributed by atoms with Gasteiger partial charge >= 0.3 is 0 Å². The quantitative estimate of drug-likeness (QED) is 0.644. The van der Waals surface area contributed by atoms with Crippen LogP contribution in [-0.2, 0) is 6.42 Å². The second kappa shape index (κ2) is 6.31. The Kier molecular flexibility index (Phi) is 4.06. The van der Waals surface area contributed by atoms with E-state index in [1.54, 1.807) is 6.20 Å². The first-order chi connectivity index (χ1) is 10.3. The number of aromatic nitrogens is 1. The molecule has 2 aromatic carbocycles. The van der Waals surface area contributed by atoms with E-state index in [1.807, 2.05) is 48.5 Å². The first kappa shape index (κ1) is 13.5. The summed E-state index contributed by atoms with van der Waals surface area (Å²) in [5.74, 6) is 0.199. The molecule has 3 aromatic rings. The highest BCUT2D eigenvalue weighted by molar-refractivity contribution is 6.07. The molecule has 2 heteroatoms. The summed E-state index contributed by atoms with van der Waals surface area (Å²) in [6.45, 7) is 0. The molecule has 0 aliphatic carbocycles. The second-order valence-electron chi connectivity index (χ2n) is 5.14. The topological polar surface area (TPSA) is 30.0 Å². The van der Waals surface area contributed by atoms with E-state index in [1.165, 1.54) is 5.56 Å². The van der Waals surface area contributed by atoms with Crippen LogP contribution in [0.15, 0.2) is 66.9 Å². The van der Waals surface area contributed by atoms with Gasteiger partial charge in [-0.3, -0.25) is 9.78 Å². The lowest BCUT2D eigenvalue weighted by Crippen LogP contribution is -2.01. The minimum Gasteiger partial charge on any atom is -0.294 e. The van der Waals surface area contributed by atoms with E-state index >= 15 is 0 Å². The van der Waals surface area contributed by atoms with Crippen LogP contribution in [0.1, 0.15) is 28.8 Å². The van der Waals surface area contributed by atoms with Gasteiger partial charge in [-0.05, 0) is 30.5 Å². The largest absolute Gasteiger partial charge is 0.294 e. The minimum atomic E-state index is 0.199. The Hall–Kier alpha value is -2.48. The fraction of sp³-hybridized carbons (Fsp3) is 0.158. The molecule has 0 amide bonds. The summed E-state index contributed by atoms with van der Waals surface area (Å²) < 4.78 is 0. The number of hydrogen-bond donors (Lipinski definition) is 0. The maximum absolute atomic E-state index is 12.4. The van der Waals surface area contributed by atoms with E-state index in [9.17, 15) is 4.79 Å². The van der Waals surface area contributed by atoms with Crippen LogP contribution in [0.2, 0.25) is 0 Å². The predicted octanol–water partition coefficient (Wildman–Crippen LogP) is 4.44. The number of carbonyl (C=O) groups is 1. The van der Waals surface area contributed by atoms with Crippen molar-refractivity contribution >= 4 is 16.7 Å². The molecule has 0 saturated heterocycles. The molecule has 2 nitrogen and oxygen atoms in total. The lowest BCUT2D eigenvalue weighted by atomic mass is 9.99. The van der Waals surface area contributed by atoms with Crippen molar-refractivity contribution in [1.82, 2.24) is 4.98 Å². The van der Waals surface area contributed by atoms with Crippen LogP contribution >= 0.6 is 0 Å². The molecule has 0 spiro atoms. The molecule has 0 unspecified atom stereocenters. The Morgan fingerprint density at radius 1 is 0.905 bits per heavy atom. The Bertz CT molecular complexity index is 744. The van der Waals surface area contributed by atoms with Crippen LogP contribution in [0.25, 0.3) is 10.9 Å². The summed E-state index contributed by atoms with van der Waals surface area (Å²) in [5.41, 5.74) is 2.95. The molecular weight excluding hydrogens is 258 g/mol. The number of aryl methyl sites for hydroxylation is 1. The van der Waals surface area contributed by atoms with Crippen LogP contribution in [0.4, 0.5) is 0 Å². The molecule has 0 fully saturated rings. The third kappa shape index (κ3) is 3.16. The molecule has 3 rings (SSSR count). The van der Waals surface area contributed by atoms with Gasteiger partial charge in [-0.1, -0.05) is 48.5 Å². The van der Waals surface area contributed by atoms with Gasteiger partial charge in [0, 0.05) is 23.6 Å². The molecule has 0 aliphatic heterocycles. The van der Waals surface area contributed by atoms with Crippen molar-refractivity contribution in [3.8, 4) is 0 Å². The Morgan fingerprint density at radius 3 is 2.62 bits per heavy atom. The summed E-state index contributed by atoms with van der Waals surface area (Å²) in [6, 6.07) is 19.9. The molecule has 1 aromatic heterocycles. The molecule has 0 saturated carbocycles. The number of ketones is 1. The smallest absolute Gasteiger partial charge is 0.163 e. The highest BCUT2D eigenvalue weighted by atomic mass is 16.1. The third-order valence-corrected chi connectivity index (χ3v) is 3.66. The van der Waals surface area contributed by atoms with Gasteiger partial charge in [0.15, 0.2) is 5.78 Å². The van der Waals surface area contributed by atoms with E-state index in [4.69, 9.17) is 0 Å².